The second-order valence-electron chi connectivity index (χ2n) is 5.91. The van der Waals surface area contributed by atoms with Crippen LogP contribution >= 0.6 is 11.6 Å². The van der Waals surface area contributed by atoms with Gasteiger partial charge in [-0.2, -0.15) is 4.99 Å². The third-order valence-corrected chi connectivity index (χ3v) is 4.36. The molecule has 1 N–H and O–H groups in total. The Labute approximate surface area is 166 Å². The van der Waals surface area contributed by atoms with Crippen molar-refractivity contribution < 1.29 is 19.4 Å². The lowest BCUT2D eigenvalue weighted by atomic mass is 9.99. The quantitative estimate of drug-likeness (QED) is 0.478. The second kappa shape index (κ2) is 8.19. The summed E-state index contributed by atoms with van der Waals surface area (Å²) in [4.78, 5) is 33.4. The van der Waals surface area contributed by atoms with Crippen LogP contribution in [0.2, 0.25) is 5.02 Å². The molecule has 0 bridgehead atoms. The number of ether oxygens (including phenoxy) is 1. The normalized spacial score (nSPS) is 15.0. The molecule has 0 aromatic heterocycles. The van der Waals surface area contributed by atoms with Gasteiger partial charge in [0.15, 0.2) is 5.84 Å². The van der Waals surface area contributed by atoms with Gasteiger partial charge in [0.25, 0.3) is 5.91 Å². The maximum atomic E-state index is 12.6. The molecule has 0 spiro atoms. The van der Waals surface area contributed by atoms with Crippen molar-refractivity contribution in [2.75, 3.05) is 6.61 Å². The lowest BCUT2D eigenvalue weighted by Gasteiger charge is -2.08. The summed E-state index contributed by atoms with van der Waals surface area (Å²) in [7, 11) is 0. The molecular weight excluding hydrogens is 380 g/mol. The number of aliphatic hydroxyl groups excluding tert-OH is 1. The number of nitrogens with zero attached hydrogens (tertiary/aromatic N) is 2. The van der Waals surface area contributed by atoms with E-state index in [0.717, 1.165) is 0 Å². The van der Waals surface area contributed by atoms with Crippen molar-refractivity contribution >= 4 is 35.0 Å². The fourth-order valence-corrected chi connectivity index (χ4v) is 3.01. The van der Waals surface area contributed by atoms with Crippen LogP contribution in [0.15, 0.2) is 69.8 Å². The maximum absolute atomic E-state index is 12.6. The summed E-state index contributed by atoms with van der Waals surface area (Å²) in [5.41, 5.74) is 1.53. The van der Waals surface area contributed by atoms with Crippen LogP contribution in [0.1, 0.15) is 35.3 Å². The zero-order valence-electron chi connectivity index (χ0n) is 15.3. The first kappa shape index (κ1) is 19.5. The van der Waals surface area contributed by atoms with Gasteiger partial charge < -0.3 is 9.84 Å². The van der Waals surface area contributed by atoms with Crippen molar-refractivity contribution in [3.8, 4) is 0 Å². The average Bonchev–Trinajstić information content (AvgIpc) is 3.00. The van der Waals surface area contributed by atoms with Gasteiger partial charge in [0.2, 0.25) is 0 Å². The van der Waals surface area contributed by atoms with Crippen molar-refractivity contribution in [1.82, 2.24) is 0 Å². The molecule has 1 heterocycles. The molecule has 6 nitrogen and oxygen atoms in total. The van der Waals surface area contributed by atoms with Gasteiger partial charge in [0.1, 0.15) is 11.3 Å². The minimum Gasteiger partial charge on any atom is -0.512 e. The number of fused-ring (bicyclic) bond motifs is 1. The van der Waals surface area contributed by atoms with Gasteiger partial charge in [0, 0.05) is 11.1 Å². The van der Waals surface area contributed by atoms with Crippen LogP contribution in [-0.4, -0.2) is 35.1 Å². The number of amides is 1. The van der Waals surface area contributed by atoms with Gasteiger partial charge >= 0.3 is 5.97 Å². The number of carbonyl (C=O) groups excluding carboxylic acids is 2. The summed E-state index contributed by atoms with van der Waals surface area (Å²) in [5, 5.41) is 10.3. The van der Waals surface area contributed by atoms with Crippen LogP contribution in [0.5, 0.6) is 0 Å². The Hall–Kier alpha value is -3.25. The molecule has 1 aliphatic rings. The first-order valence-corrected chi connectivity index (χ1v) is 8.95. The molecule has 2 aromatic carbocycles. The number of aliphatic hydroxyl groups is 1. The van der Waals surface area contributed by atoms with E-state index >= 15 is 0 Å². The van der Waals surface area contributed by atoms with E-state index in [0.29, 0.717) is 11.1 Å². The number of benzene rings is 2. The Morgan fingerprint density at radius 3 is 2.39 bits per heavy atom. The van der Waals surface area contributed by atoms with Crippen LogP contribution in [0, 0.1) is 0 Å². The van der Waals surface area contributed by atoms with Crippen molar-refractivity contribution in [2.45, 2.75) is 13.8 Å². The molecule has 1 amide bonds. The summed E-state index contributed by atoms with van der Waals surface area (Å²) < 4.78 is 5.03. The van der Waals surface area contributed by atoms with E-state index in [1.807, 2.05) is 0 Å². The standard InChI is InChI=1S/C21H17ClN2O4/c1-3-28-21(27)17(12(2)25)18-13-8-4-5-9-14(13)19(23-18)24-20(26)15-10-6-7-11-16(15)22/h4-11,25H,3H2,1-2H3. The molecule has 0 saturated heterocycles. The number of hydrogen-bond acceptors (Lipinski definition) is 4. The Morgan fingerprint density at radius 1 is 1.11 bits per heavy atom. The third-order valence-electron chi connectivity index (χ3n) is 4.03. The van der Waals surface area contributed by atoms with Gasteiger partial charge in [0.05, 0.1) is 22.9 Å². The molecular formula is C21H17ClN2O4. The number of aliphatic imine (C=N–C) groups is 2. The first-order valence-electron chi connectivity index (χ1n) is 8.57. The third kappa shape index (κ3) is 3.73. The monoisotopic (exact) mass is 396 g/mol. The number of amidine groups is 1. The summed E-state index contributed by atoms with van der Waals surface area (Å²) in [5.74, 6) is -1.35. The van der Waals surface area contributed by atoms with E-state index in [1.165, 1.54) is 6.92 Å². The van der Waals surface area contributed by atoms with E-state index in [4.69, 9.17) is 16.3 Å². The Morgan fingerprint density at radius 2 is 1.75 bits per heavy atom. The SMILES string of the molecule is CCOC(=O)C(C1=NC(=NC(=O)c2ccccc2Cl)c2ccccc21)=C(C)O. The smallest absolute Gasteiger partial charge is 0.343 e. The highest BCUT2D eigenvalue weighted by atomic mass is 35.5. The Kier molecular flexibility index (Phi) is 5.70. The molecule has 7 heteroatoms. The van der Waals surface area contributed by atoms with Gasteiger partial charge in [-0.1, -0.05) is 48.0 Å². The second-order valence-corrected chi connectivity index (χ2v) is 6.31. The van der Waals surface area contributed by atoms with Crippen molar-refractivity contribution in [3.63, 3.8) is 0 Å². The van der Waals surface area contributed by atoms with Crippen molar-refractivity contribution in [1.29, 1.82) is 0 Å². The molecule has 0 atom stereocenters. The van der Waals surface area contributed by atoms with Gasteiger partial charge in [-0.3, -0.25) is 4.79 Å². The fraction of sp³-hybridized carbons (Fsp3) is 0.143. The number of rotatable bonds is 4. The minimum atomic E-state index is -0.699. The molecule has 0 aliphatic carbocycles. The van der Waals surface area contributed by atoms with E-state index < -0.39 is 11.9 Å². The summed E-state index contributed by atoms with van der Waals surface area (Å²) in [6.07, 6.45) is 0. The number of halogens is 1. The Balaban J connectivity index is 2.11. The van der Waals surface area contributed by atoms with Crippen LogP contribution in [0.3, 0.4) is 0 Å². The minimum absolute atomic E-state index is 0.0651. The largest absolute Gasteiger partial charge is 0.512 e. The van der Waals surface area contributed by atoms with Gasteiger partial charge in [-0.25, -0.2) is 9.79 Å². The summed E-state index contributed by atoms with van der Waals surface area (Å²) in [6, 6.07) is 13.6. The molecule has 0 fully saturated rings. The van der Waals surface area contributed by atoms with Gasteiger partial charge in [-0.15, -0.1) is 0 Å². The maximum Gasteiger partial charge on any atom is 0.343 e. The molecule has 0 saturated carbocycles. The van der Waals surface area contributed by atoms with Crippen molar-refractivity contribution in [2.24, 2.45) is 9.98 Å². The van der Waals surface area contributed by atoms with E-state index in [1.54, 1.807) is 55.5 Å². The van der Waals surface area contributed by atoms with Crippen LogP contribution in [0.4, 0.5) is 0 Å². The topological polar surface area (TPSA) is 88.3 Å². The fourth-order valence-electron chi connectivity index (χ4n) is 2.80. The van der Waals surface area contributed by atoms with Crippen LogP contribution < -0.4 is 0 Å². The zero-order valence-corrected chi connectivity index (χ0v) is 16.0. The van der Waals surface area contributed by atoms with Gasteiger partial charge in [-0.05, 0) is 26.0 Å². The molecule has 2 aromatic rings. The lowest BCUT2D eigenvalue weighted by Crippen LogP contribution is -2.18. The predicted octanol–water partition coefficient (Wildman–Crippen LogP) is 4.12. The Bertz CT molecular complexity index is 1050. The highest BCUT2D eigenvalue weighted by Crippen LogP contribution is 2.26. The highest BCUT2D eigenvalue weighted by molar-refractivity contribution is 6.37. The average molecular weight is 397 g/mol. The molecule has 142 valence electrons. The summed E-state index contributed by atoms with van der Waals surface area (Å²) >= 11 is 6.07. The van der Waals surface area contributed by atoms with E-state index in [9.17, 15) is 14.7 Å². The first-order chi connectivity index (χ1) is 13.4. The summed E-state index contributed by atoms with van der Waals surface area (Å²) in [6.45, 7) is 3.19. The highest BCUT2D eigenvalue weighted by Gasteiger charge is 2.30. The molecule has 1 aliphatic heterocycles. The molecule has 0 unspecified atom stereocenters. The molecule has 28 heavy (non-hydrogen) atoms. The molecule has 0 radical (unpaired) electrons. The predicted molar refractivity (Wildman–Crippen MR) is 107 cm³/mol. The van der Waals surface area contributed by atoms with Crippen LogP contribution in [-0.2, 0) is 9.53 Å². The number of carbonyl (C=O) groups is 2. The zero-order chi connectivity index (χ0) is 20.3. The molecule has 3 rings (SSSR count). The number of esters is 1. The van der Waals surface area contributed by atoms with E-state index in [2.05, 4.69) is 9.98 Å². The number of hydrogen-bond donors (Lipinski definition) is 1. The number of allylic oxidation sites excluding steroid dienone is 1. The van der Waals surface area contributed by atoms with E-state index in [-0.39, 0.29) is 40.1 Å². The van der Waals surface area contributed by atoms with Crippen LogP contribution in [0.25, 0.3) is 0 Å². The lowest BCUT2D eigenvalue weighted by molar-refractivity contribution is -0.138. The van der Waals surface area contributed by atoms with Crippen molar-refractivity contribution in [3.05, 3.63) is 81.6 Å².